The third kappa shape index (κ3) is 3.66. The van der Waals surface area contributed by atoms with Gasteiger partial charge in [0.2, 0.25) is 0 Å². The molecular formula is C18H24N6O. The number of amides is 2. The van der Waals surface area contributed by atoms with Gasteiger partial charge in [-0.25, -0.2) is 4.79 Å². The minimum Gasteiger partial charge on any atom is -0.336 e. The molecule has 4 heterocycles. The van der Waals surface area contributed by atoms with Crippen molar-refractivity contribution in [2.75, 3.05) is 26.2 Å². The Kier molecular flexibility index (Phi) is 4.65. The van der Waals surface area contributed by atoms with E-state index in [0.29, 0.717) is 6.54 Å². The van der Waals surface area contributed by atoms with Gasteiger partial charge in [-0.3, -0.25) is 14.6 Å². The molecule has 25 heavy (non-hydrogen) atoms. The second-order valence-corrected chi connectivity index (χ2v) is 6.83. The van der Waals surface area contributed by atoms with Crippen LogP contribution in [-0.2, 0) is 13.1 Å². The summed E-state index contributed by atoms with van der Waals surface area (Å²) in [6, 6.07) is 6.34. The average molecular weight is 340 g/mol. The molecule has 2 aromatic rings. The van der Waals surface area contributed by atoms with E-state index in [1.54, 1.807) is 6.20 Å². The topological polar surface area (TPSA) is 66.3 Å². The van der Waals surface area contributed by atoms with Gasteiger partial charge in [0.15, 0.2) is 0 Å². The fourth-order valence-electron chi connectivity index (χ4n) is 3.72. The van der Waals surface area contributed by atoms with Crippen LogP contribution in [0.4, 0.5) is 4.79 Å². The number of carbonyl (C=O) groups excluding carboxylic acids is 1. The lowest BCUT2D eigenvalue weighted by Gasteiger charge is -2.34. The lowest BCUT2D eigenvalue weighted by molar-refractivity contribution is 0.161. The maximum absolute atomic E-state index is 12.3. The molecule has 0 saturated carbocycles. The molecule has 0 bridgehead atoms. The Morgan fingerprint density at radius 2 is 2.12 bits per heavy atom. The van der Waals surface area contributed by atoms with Crippen molar-refractivity contribution in [1.29, 1.82) is 0 Å². The Morgan fingerprint density at radius 3 is 2.92 bits per heavy atom. The summed E-state index contributed by atoms with van der Waals surface area (Å²) in [6.07, 6.45) is 7.78. The highest BCUT2D eigenvalue weighted by Crippen LogP contribution is 2.21. The molecule has 2 aliphatic rings. The molecule has 4 rings (SSSR count). The van der Waals surface area contributed by atoms with Gasteiger partial charge in [0, 0.05) is 57.9 Å². The lowest BCUT2D eigenvalue weighted by Crippen LogP contribution is -2.45. The first kappa shape index (κ1) is 16.1. The molecule has 2 aromatic heterocycles. The van der Waals surface area contributed by atoms with Crippen LogP contribution in [0.5, 0.6) is 0 Å². The van der Waals surface area contributed by atoms with Gasteiger partial charge in [0.05, 0.1) is 11.7 Å². The molecule has 132 valence electrons. The van der Waals surface area contributed by atoms with Crippen LogP contribution >= 0.6 is 0 Å². The van der Waals surface area contributed by atoms with Crippen molar-refractivity contribution in [3.05, 3.63) is 48.0 Å². The molecule has 0 aliphatic carbocycles. The third-order valence-electron chi connectivity index (χ3n) is 4.96. The van der Waals surface area contributed by atoms with E-state index in [1.807, 2.05) is 23.4 Å². The van der Waals surface area contributed by atoms with E-state index >= 15 is 0 Å². The maximum Gasteiger partial charge on any atom is 0.317 e. The molecule has 7 nitrogen and oxygen atoms in total. The molecule has 7 heteroatoms. The van der Waals surface area contributed by atoms with Crippen LogP contribution in [0.3, 0.4) is 0 Å². The number of urea groups is 1. The average Bonchev–Trinajstić information content (AvgIpc) is 3.32. The Balaban J connectivity index is 1.41. The summed E-state index contributed by atoms with van der Waals surface area (Å²) < 4.78 is 2.06. The summed E-state index contributed by atoms with van der Waals surface area (Å²) in [5.74, 6) is 0. The van der Waals surface area contributed by atoms with Crippen LogP contribution in [0.1, 0.15) is 30.1 Å². The van der Waals surface area contributed by atoms with Crippen molar-refractivity contribution in [3.8, 4) is 0 Å². The van der Waals surface area contributed by atoms with E-state index in [4.69, 9.17) is 0 Å². The van der Waals surface area contributed by atoms with E-state index in [-0.39, 0.29) is 12.1 Å². The molecule has 0 spiro atoms. The SMILES string of the molecule is O=C(NCC1CN(Cc2cccnc2)Cc2ccnn21)N1CCCC1. The van der Waals surface area contributed by atoms with Gasteiger partial charge in [-0.1, -0.05) is 6.07 Å². The van der Waals surface area contributed by atoms with E-state index in [2.05, 4.69) is 37.1 Å². The monoisotopic (exact) mass is 340 g/mol. The highest BCUT2D eigenvalue weighted by Gasteiger charge is 2.27. The van der Waals surface area contributed by atoms with Crippen LogP contribution in [0.2, 0.25) is 0 Å². The first-order chi connectivity index (χ1) is 12.3. The normalized spacial score (nSPS) is 20.5. The molecule has 1 N–H and O–H groups in total. The standard InChI is InChI=1S/C18H24N6O/c25-18(23-8-1-2-9-23)20-11-17-14-22(12-15-4-3-6-19-10-15)13-16-5-7-21-24(16)17/h3-7,10,17H,1-2,8-9,11-14H2,(H,20,25). The summed E-state index contributed by atoms with van der Waals surface area (Å²) in [4.78, 5) is 20.8. The highest BCUT2D eigenvalue weighted by atomic mass is 16.2. The Bertz CT molecular complexity index is 709. The van der Waals surface area contributed by atoms with Gasteiger partial charge in [-0.2, -0.15) is 5.10 Å². The number of nitrogens with one attached hydrogen (secondary N) is 1. The van der Waals surface area contributed by atoms with Crippen LogP contribution in [0.15, 0.2) is 36.8 Å². The van der Waals surface area contributed by atoms with Crippen molar-refractivity contribution in [3.63, 3.8) is 0 Å². The Morgan fingerprint density at radius 1 is 1.24 bits per heavy atom. The number of fused-ring (bicyclic) bond motifs is 1. The third-order valence-corrected chi connectivity index (χ3v) is 4.96. The van der Waals surface area contributed by atoms with Crippen molar-refractivity contribution in [1.82, 2.24) is 29.9 Å². The second-order valence-electron chi connectivity index (χ2n) is 6.83. The van der Waals surface area contributed by atoms with E-state index in [0.717, 1.165) is 45.6 Å². The zero-order valence-corrected chi connectivity index (χ0v) is 14.3. The molecule has 1 fully saturated rings. The second kappa shape index (κ2) is 7.23. The number of hydrogen-bond donors (Lipinski definition) is 1. The number of rotatable bonds is 4. The minimum atomic E-state index is 0.0515. The molecule has 2 amide bonds. The first-order valence-corrected chi connectivity index (χ1v) is 8.96. The number of pyridine rings is 1. The predicted molar refractivity (Wildman–Crippen MR) is 93.8 cm³/mol. The number of aromatic nitrogens is 3. The maximum atomic E-state index is 12.3. The Hall–Kier alpha value is -2.41. The van der Waals surface area contributed by atoms with Crippen LogP contribution in [0, 0.1) is 0 Å². The summed E-state index contributed by atoms with van der Waals surface area (Å²) in [5.41, 5.74) is 2.39. The van der Waals surface area contributed by atoms with Crippen LogP contribution in [0.25, 0.3) is 0 Å². The smallest absolute Gasteiger partial charge is 0.317 e. The van der Waals surface area contributed by atoms with Crippen LogP contribution < -0.4 is 5.32 Å². The van der Waals surface area contributed by atoms with Crippen LogP contribution in [-0.4, -0.2) is 56.8 Å². The number of likely N-dealkylation sites (tertiary alicyclic amines) is 1. The van der Waals surface area contributed by atoms with Crippen molar-refractivity contribution in [2.45, 2.75) is 32.0 Å². The zero-order valence-electron chi connectivity index (χ0n) is 14.3. The molecule has 0 radical (unpaired) electrons. The molecule has 2 aliphatic heterocycles. The molecule has 1 unspecified atom stereocenters. The Labute approximate surface area is 147 Å². The van der Waals surface area contributed by atoms with Gasteiger partial charge in [0.1, 0.15) is 0 Å². The van der Waals surface area contributed by atoms with Gasteiger partial charge in [-0.15, -0.1) is 0 Å². The first-order valence-electron chi connectivity index (χ1n) is 8.96. The van der Waals surface area contributed by atoms with E-state index < -0.39 is 0 Å². The van der Waals surface area contributed by atoms with Gasteiger partial charge in [-0.05, 0) is 30.5 Å². The van der Waals surface area contributed by atoms with Gasteiger partial charge in [0.25, 0.3) is 0 Å². The minimum absolute atomic E-state index is 0.0515. The fourth-order valence-corrected chi connectivity index (χ4v) is 3.72. The highest BCUT2D eigenvalue weighted by molar-refractivity contribution is 5.74. The largest absolute Gasteiger partial charge is 0.336 e. The fraction of sp³-hybridized carbons (Fsp3) is 0.500. The number of hydrogen-bond acceptors (Lipinski definition) is 4. The lowest BCUT2D eigenvalue weighted by atomic mass is 10.1. The van der Waals surface area contributed by atoms with Gasteiger partial charge < -0.3 is 10.2 Å². The molecule has 1 atom stereocenters. The summed E-state index contributed by atoms with van der Waals surface area (Å²) in [6.45, 7) is 4.94. The summed E-state index contributed by atoms with van der Waals surface area (Å²) in [5, 5.41) is 7.56. The van der Waals surface area contributed by atoms with Crippen molar-refractivity contribution < 1.29 is 4.79 Å². The summed E-state index contributed by atoms with van der Waals surface area (Å²) in [7, 11) is 0. The van der Waals surface area contributed by atoms with Gasteiger partial charge >= 0.3 is 6.03 Å². The molecular weight excluding hydrogens is 316 g/mol. The number of carbonyl (C=O) groups is 1. The van der Waals surface area contributed by atoms with E-state index in [9.17, 15) is 4.79 Å². The predicted octanol–water partition coefficient (Wildman–Crippen LogP) is 1.64. The summed E-state index contributed by atoms with van der Waals surface area (Å²) >= 11 is 0. The van der Waals surface area contributed by atoms with E-state index in [1.165, 1.54) is 11.3 Å². The molecule has 1 saturated heterocycles. The zero-order chi connectivity index (χ0) is 17.1. The number of nitrogens with zero attached hydrogens (tertiary/aromatic N) is 5. The quantitative estimate of drug-likeness (QED) is 0.919. The molecule has 0 aromatic carbocycles. The van der Waals surface area contributed by atoms with Crippen molar-refractivity contribution >= 4 is 6.03 Å². The van der Waals surface area contributed by atoms with Crippen molar-refractivity contribution in [2.24, 2.45) is 0 Å².